The molecule has 1 rings (SSSR count). The zero-order valence-corrected chi connectivity index (χ0v) is 12.0. The third-order valence-electron chi connectivity index (χ3n) is 2.74. The van der Waals surface area contributed by atoms with E-state index in [0.717, 1.165) is 12.2 Å². The zero-order valence-electron chi connectivity index (χ0n) is 12.0. The van der Waals surface area contributed by atoms with Crippen molar-refractivity contribution in [2.24, 2.45) is 0 Å². The van der Waals surface area contributed by atoms with Gasteiger partial charge in [0.05, 0.1) is 18.5 Å². The monoisotopic (exact) mass is 265 g/mol. The number of hydrogen-bond acceptors (Lipinski definition) is 4. The minimum absolute atomic E-state index is 0.0507. The van der Waals surface area contributed by atoms with Crippen molar-refractivity contribution >= 4 is 11.6 Å². The first-order valence-corrected chi connectivity index (χ1v) is 6.79. The summed E-state index contributed by atoms with van der Waals surface area (Å²) >= 11 is 0. The summed E-state index contributed by atoms with van der Waals surface area (Å²) in [6.45, 7) is 9.24. The van der Waals surface area contributed by atoms with E-state index in [4.69, 9.17) is 4.74 Å². The van der Waals surface area contributed by atoms with Crippen LogP contribution in [0.5, 0.6) is 0 Å². The lowest BCUT2D eigenvalue weighted by Gasteiger charge is -2.20. The predicted molar refractivity (Wildman–Crippen MR) is 76.5 cm³/mol. The fourth-order valence-corrected chi connectivity index (χ4v) is 1.71. The highest BCUT2D eigenvalue weighted by molar-refractivity contribution is 5.92. The topological polar surface area (TPSA) is 54.5 Å². The first-order valence-electron chi connectivity index (χ1n) is 6.79. The van der Waals surface area contributed by atoms with Gasteiger partial charge in [-0.1, -0.05) is 0 Å². The molecule has 1 aromatic heterocycles. The van der Waals surface area contributed by atoms with Gasteiger partial charge in [0, 0.05) is 26.2 Å². The van der Waals surface area contributed by atoms with Crippen LogP contribution in [-0.4, -0.2) is 48.6 Å². The maximum Gasteiger partial charge on any atom is 0.272 e. The van der Waals surface area contributed by atoms with Crippen LogP contribution in [0.25, 0.3) is 0 Å². The average Bonchev–Trinajstić information content (AvgIpc) is 2.44. The van der Waals surface area contributed by atoms with Crippen LogP contribution in [0.2, 0.25) is 0 Å². The maximum atomic E-state index is 12.2. The van der Waals surface area contributed by atoms with E-state index in [1.165, 1.54) is 0 Å². The lowest BCUT2D eigenvalue weighted by molar-refractivity contribution is 0.0664. The molecule has 1 aromatic rings. The molecule has 0 aromatic carbocycles. The van der Waals surface area contributed by atoms with Crippen molar-refractivity contribution in [1.82, 2.24) is 9.88 Å². The van der Waals surface area contributed by atoms with Gasteiger partial charge in [0.15, 0.2) is 0 Å². The fourth-order valence-electron chi connectivity index (χ4n) is 1.71. The number of amides is 1. The largest absolute Gasteiger partial charge is 0.384 e. The van der Waals surface area contributed by atoms with Crippen LogP contribution in [0.4, 0.5) is 5.69 Å². The Morgan fingerprint density at radius 2 is 2.16 bits per heavy atom. The normalized spacial score (nSPS) is 10.3. The molecule has 0 radical (unpaired) electrons. The van der Waals surface area contributed by atoms with Gasteiger partial charge < -0.3 is 15.0 Å². The van der Waals surface area contributed by atoms with Gasteiger partial charge in [0.2, 0.25) is 0 Å². The van der Waals surface area contributed by atoms with Crippen LogP contribution >= 0.6 is 0 Å². The number of anilines is 1. The Hall–Kier alpha value is -1.62. The number of carbonyl (C=O) groups excluding carboxylic acids is 1. The summed E-state index contributed by atoms with van der Waals surface area (Å²) in [6, 6.07) is 3.63. The average molecular weight is 265 g/mol. The lowest BCUT2D eigenvalue weighted by Crippen LogP contribution is -2.34. The van der Waals surface area contributed by atoms with E-state index < -0.39 is 0 Å². The van der Waals surface area contributed by atoms with Crippen LogP contribution in [0.3, 0.4) is 0 Å². The Labute approximate surface area is 115 Å². The molecule has 0 unspecified atom stereocenters. The molecule has 0 spiro atoms. The first-order chi connectivity index (χ1) is 9.22. The lowest BCUT2D eigenvalue weighted by atomic mass is 10.3. The molecular formula is C14H23N3O2. The smallest absolute Gasteiger partial charge is 0.272 e. The van der Waals surface area contributed by atoms with E-state index in [9.17, 15) is 4.79 Å². The van der Waals surface area contributed by atoms with Crippen LogP contribution in [0, 0.1) is 0 Å². The molecule has 1 heterocycles. The molecule has 0 saturated carbocycles. The minimum Gasteiger partial charge on any atom is -0.384 e. The van der Waals surface area contributed by atoms with Crippen molar-refractivity contribution in [1.29, 1.82) is 0 Å². The van der Waals surface area contributed by atoms with E-state index >= 15 is 0 Å². The summed E-state index contributed by atoms with van der Waals surface area (Å²) in [5.41, 5.74) is 1.40. The van der Waals surface area contributed by atoms with Gasteiger partial charge in [0.1, 0.15) is 5.69 Å². The van der Waals surface area contributed by atoms with Crippen molar-refractivity contribution in [3.63, 3.8) is 0 Å². The van der Waals surface area contributed by atoms with Crippen LogP contribution in [0.15, 0.2) is 18.3 Å². The molecule has 5 heteroatoms. The standard InChI is InChI=1S/C14H23N3O2/c1-4-15-12-7-8-13(16-11-12)14(18)17(5-2)9-10-19-6-3/h7-8,11,15H,4-6,9-10H2,1-3H3. The van der Waals surface area contributed by atoms with Gasteiger partial charge >= 0.3 is 0 Å². The molecule has 0 bridgehead atoms. The van der Waals surface area contributed by atoms with Crippen LogP contribution < -0.4 is 5.32 Å². The Balaban J connectivity index is 2.63. The Bertz CT molecular complexity index is 379. The van der Waals surface area contributed by atoms with Crippen molar-refractivity contribution in [2.75, 3.05) is 38.2 Å². The number of nitrogens with zero attached hydrogens (tertiary/aromatic N) is 2. The summed E-state index contributed by atoms with van der Waals surface area (Å²) in [7, 11) is 0. The highest BCUT2D eigenvalue weighted by Gasteiger charge is 2.14. The molecule has 5 nitrogen and oxygen atoms in total. The Kier molecular flexibility index (Phi) is 6.89. The second kappa shape index (κ2) is 8.48. The van der Waals surface area contributed by atoms with Gasteiger partial charge in [-0.3, -0.25) is 4.79 Å². The summed E-state index contributed by atoms with van der Waals surface area (Å²) in [4.78, 5) is 18.2. The second-order valence-electron chi connectivity index (χ2n) is 4.04. The molecule has 0 aliphatic carbocycles. The van der Waals surface area contributed by atoms with Crippen molar-refractivity contribution in [3.8, 4) is 0 Å². The highest BCUT2D eigenvalue weighted by Crippen LogP contribution is 2.08. The van der Waals surface area contributed by atoms with Gasteiger partial charge in [-0.05, 0) is 32.9 Å². The zero-order chi connectivity index (χ0) is 14.1. The minimum atomic E-state index is -0.0507. The number of ether oxygens (including phenoxy) is 1. The van der Waals surface area contributed by atoms with E-state index in [0.29, 0.717) is 32.0 Å². The SMILES string of the molecule is CCNc1ccc(C(=O)N(CC)CCOCC)nc1. The molecule has 0 aliphatic rings. The third-order valence-corrected chi connectivity index (χ3v) is 2.74. The highest BCUT2D eigenvalue weighted by atomic mass is 16.5. The summed E-state index contributed by atoms with van der Waals surface area (Å²) in [5.74, 6) is -0.0507. The number of pyridine rings is 1. The molecule has 0 fully saturated rings. The van der Waals surface area contributed by atoms with Gasteiger partial charge in [-0.2, -0.15) is 0 Å². The summed E-state index contributed by atoms with van der Waals surface area (Å²) < 4.78 is 5.28. The summed E-state index contributed by atoms with van der Waals surface area (Å²) in [6.07, 6.45) is 1.69. The molecule has 0 saturated heterocycles. The number of nitrogens with one attached hydrogen (secondary N) is 1. The van der Waals surface area contributed by atoms with E-state index in [-0.39, 0.29) is 5.91 Å². The molecule has 19 heavy (non-hydrogen) atoms. The third kappa shape index (κ3) is 4.87. The van der Waals surface area contributed by atoms with Gasteiger partial charge in [-0.15, -0.1) is 0 Å². The number of likely N-dealkylation sites (N-methyl/N-ethyl adjacent to an activating group) is 1. The molecular weight excluding hydrogens is 242 g/mol. The van der Waals surface area contributed by atoms with Gasteiger partial charge in [-0.25, -0.2) is 4.98 Å². The molecule has 1 amide bonds. The predicted octanol–water partition coefficient (Wildman–Crippen LogP) is 2.01. The van der Waals surface area contributed by atoms with E-state index in [2.05, 4.69) is 10.3 Å². The number of hydrogen-bond donors (Lipinski definition) is 1. The van der Waals surface area contributed by atoms with E-state index in [1.54, 1.807) is 17.2 Å². The quantitative estimate of drug-likeness (QED) is 0.731. The maximum absolute atomic E-state index is 12.2. The summed E-state index contributed by atoms with van der Waals surface area (Å²) in [5, 5.41) is 3.15. The Morgan fingerprint density at radius 1 is 1.37 bits per heavy atom. The van der Waals surface area contributed by atoms with Crippen LogP contribution in [-0.2, 0) is 4.74 Å². The van der Waals surface area contributed by atoms with Gasteiger partial charge in [0.25, 0.3) is 5.91 Å². The molecule has 0 aliphatic heterocycles. The molecule has 106 valence electrons. The van der Waals surface area contributed by atoms with E-state index in [1.807, 2.05) is 26.8 Å². The Morgan fingerprint density at radius 3 is 2.68 bits per heavy atom. The van der Waals surface area contributed by atoms with Crippen molar-refractivity contribution in [2.45, 2.75) is 20.8 Å². The van der Waals surface area contributed by atoms with Crippen molar-refractivity contribution in [3.05, 3.63) is 24.0 Å². The number of aromatic nitrogens is 1. The molecule has 1 N–H and O–H groups in total. The number of rotatable bonds is 8. The first kappa shape index (κ1) is 15.4. The van der Waals surface area contributed by atoms with Crippen LogP contribution in [0.1, 0.15) is 31.3 Å². The molecule has 0 atom stereocenters. The number of carbonyl (C=O) groups is 1. The van der Waals surface area contributed by atoms with Crippen molar-refractivity contribution < 1.29 is 9.53 Å². The fraction of sp³-hybridized carbons (Fsp3) is 0.571. The second-order valence-corrected chi connectivity index (χ2v) is 4.04.